The molecule has 0 rings (SSSR count). The van der Waals surface area contributed by atoms with Crippen molar-refractivity contribution >= 4 is 5.97 Å². The lowest BCUT2D eigenvalue weighted by molar-refractivity contribution is -0.137. The van der Waals surface area contributed by atoms with Crippen LogP contribution >= 0.6 is 0 Å². The fourth-order valence-corrected chi connectivity index (χ4v) is 0.966. The highest BCUT2D eigenvalue weighted by molar-refractivity contribution is 5.66. The molecule has 0 aliphatic rings. The van der Waals surface area contributed by atoms with E-state index >= 15 is 0 Å². The molecule has 3 nitrogen and oxygen atoms in total. The first-order valence-corrected chi connectivity index (χ1v) is 4.06. The van der Waals surface area contributed by atoms with Gasteiger partial charge in [-0.3, -0.25) is 4.79 Å². The van der Waals surface area contributed by atoms with Gasteiger partial charge in [-0.25, -0.2) is 0 Å². The summed E-state index contributed by atoms with van der Waals surface area (Å²) in [5, 5.41) is 17.4. The molecule has 0 aliphatic carbocycles. The molecule has 0 radical (unpaired) electrons. The second kappa shape index (κ2) is 6.16. The van der Waals surface area contributed by atoms with Crippen LogP contribution in [0.1, 0.15) is 39.0 Å². The van der Waals surface area contributed by atoms with Gasteiger partial charge in [0.15, 0.2) is 0 Å². The van der Waals surface area contributed by atoms with Crippen LogP contribution in [0.2, 0.25) is 0 Å². The highest BCUT2D eigenvalue weighted by Gasteiger charge is 2.03. The molecule has 1 unspecified atom stereocenters. The van der Waals surface area contributed by atoms with E-state index in [2.05, 4.69) is 0 Å². The van der Waals surface area contributed by atoms with Crippen LogP contribution in [0.5, 0.6) is 0 Å². The van der Waals surface area contributed by atoms with Crippen LogP contribution in [-0.2, 0) is 4.79 Å². The number of aliphatic carboxylic acids is 1. The molecule has 0 saturated heterocycles. The number of hydrogen-bond donors (Lipinski definition) is 2. The Labute approximate surface area is 67.0 Å². The zero-order valence-electron chi connectivity index (χ0n) is 6.92. The van der Waals surface area contributed by atoms with Gasteiger partial charge in [0.25, 0.3) is 0 Å². The fourth-order valence-electron chi connectivity index (χ4n) is 0.966. The second-order valence-corrected chi connectivity index (χ2v) is 2.73. The summed E-state index contributed by atoms with van der Waals surface area (Å²) < 4.78 is 0. The standard InChI is InChI=1S/C8H16O3/c1-2-4-7(9)5-3-6-8(10)11/h7,9H,2-6H2,1H3,(H,10,11). The van der Waals surface area contributed by atoms with Gasteiger partial charge >= 0.3 is 5.97 Å². The first kappa shape index (κ1) is 10.4. The predicted octanol–water partition coefficient (Wildman–Crippen LogP) is 1.40. The molecule has 0 amide bonds. The Hall–Kier alpha value is -0.570. The monoisotopic (exact) mass is 160 g/mol. The molecule has 0 aromatic heterocycles. The Kier molecular flexibility index (Phi) is 5.84. The van der Waals surface area contributed by atoms with Crippen LogP contribution < -0.4 is 0 Å². The lowest BCUT2D eigenvalue weighted by Crippen LogP contribution is -2.06. The van der Waals surface area contributed by atoms with Crippen LogP contribution in [0.4, 0.5) is 0 Å². The van der Waals surface area contributed by atoms with E-state index in [0.29, 0.717) is 12.8 Å². The molecule has 0 aromatic carbocycles. The SMILES string of the molecule is CCCC(O)CCCC(=O)O. The van der Waals surface area contributed by atoms with Crippen molar-refractivity contribution in [1.29, 1.82) is 0 Å². The number of carbonyl (C=O) groups is 1. The molecule has 0 bridgehead atoms. The van der Waals surface area contributed by atoms with Gasteiger partial charge in [-0.05, 0) is 19.3 Å². The first-order valence-electron chi connectivity index (χ1n) is 4.06. The third-order valence-corrected chi connectivity index (χ3v) is 1.55. The number of rotatable bonds is 6. The van der Waals surface area contributed by atoms with E-state index in [1.807, 2.05) is 6.92 Å². The van der Waals surface area contributed by atoms with Crippen LogP contribution in [0.15, 0.2) is 0 Å². The summed E-state index contributed by atoms with van der Waals surface area (Å²) in [7, 11) is 0. The molecular weight excluding hydrogens is 144 g/mol. The highest BCUT2D eigenvalue weighted by Crippen LogP contribution is 2.05. The van der Waals surface area contributed by atoms with E-state index in [0.717, 1.165) is 12.8 Å². The molecule has 0 aliphatic heterocycles. The van der Waals surface area contributed by atoms with Crippen molar-refractivity contribution in [3.63, 3.8) is 0 Å². The van der Waals surface area contributed by atoms with Crippen molar-refractivity contribution in [1.82, 2.24) is 0 Å². The minimum atomic E-state index is -0.784. The van der Waals surface area contributed by atoms with Crippen molar-refractivity contribution < 1.29 is 15.0 Å². The average Bonchev–Trinajstić information content (AvgIpc) is 1.87. The van der Waals surface area contributed by atoms with Gasteiger partial charge in [-0.2, -0.15) is 0 Å². The number of carboxylic acids is 1. The second-order valence-electron chi connectivity index (χ2n) is 2.73. The van der Waals surface area contributed by atoms with Crippen LogP contribution in [0.3, 0.4) is 0 Å². The van der Waals surface area contributed by atoms with Gasteiger partial charge in [-0.15, -0.1) is 0 Å². The lowest BCUT2D eigenvalue weighted by atomic mass is 10.1. The zero-order valence-corrected chi connectivity index (χ0v) is 6.92. The minimum Gasteiger partial charge on any atom is -0.481 e. The van der Waals surface area contributed by atoms with Gasteiger partial charge in [0.2, 0.25) is 0 Å². The van der Waals surface area contributed by atoms with Crippen molar-refractivity contribution in [2.24, 2.45) is 0 Å². The molecule has 0 spiro atoms. The number of aliphatic hydroxyl groups excluding tert-OH is 1. The number of carboxylic acid groups (broad SMARTS) is 1. The van der Waals surface area contributed by atoms with E-state index in [4.69, 9.17) is 10.2 Å². The summed E-state index contributed by atoms with van der Waals surface area (Å²) >= 11 is 0. The van der Waals surface area contributed by atoms with E-state index in [9.17, 15) is 4.79 Å². The third-order valence-electron chi connectivity index (χ3n) is 1.55. The predicted molar refractivity (Wildman–Crippen MR) is 42.4 cm³/mol. The van der Waals surface area contributed by atoms with Crippen LogP contribution in [0.25, 0.3) is 0 Å². The molecule has 11 heavy (non-hydrogen) atoms. The Balaban J connectivity index is 3.16. The summed E-state index contributed by atoms with van der Waals surface area (Å²) in [6.45, 7) is 2.00. The number of hydrogen-bond acceptors (Lipinski definition) is 2. The zero-order chi connectivity index (χ0) is 8.69. The molecular formula is C8H16O3. The molecule has 0 aromatic rings. The molecule has 0 heterocycles. The van der Waals surface area contributed by atoms with Gasteiger partial charge < -0.3 is 10.2 Å². The van der Waals surface area contributed by atoms with Crippen molar-refractivity contribution in [3.05, 3.63) is 0 Å². The van der Waals surface area contributed by atoms with Crippen molar-refractivity contribution in [2.45, 2.75) is 45.1 Å². The Morgan fingerprint density at radius 1 is 1.45 bits per heavy atom. The topological polar surface area (TPSA) is 57.5 Å². The van der Waals surface area contributed by atoms with E-state index < -0.39 is 5.97 Å². The Bertz CT molecular complexity index is 112. The summed E-state index contributed by atoms with van der Waals surface area (Å²) in [6, 6.07) is 0. The average molecular weight is 160 g/mol. The van der Waals surface area contributed by atoms with Gasteiger partial charge in [0.1, 0.15) is 0 Å². The quantitative estimate of drug-likeness (QED) is 0.617. The fraction of sp³-hybridized carbons (Fsp3) is 0.875. The normalized spacial score (nSPS) is 12.9. The molecule has 3 heteroatoms. The van der Waals surface area contributed by atoms with E-state index in [-0.39, 0.29) is 12.5 Å². The van der Waals surface area contributed by atoms with Crippen LogP contribution in [0, 0.1) is 0 Å². The maximum atomic E-state index is 10.1. The molecule has 0 fully saturated rings. The molecule has 0 saturated carbocycles. The summed E-state index contributed by atoms with van der Waals surface area (Å²) in [6.07, 6.45) is 2.78. The first-order chi connectivity index (χ1) is 5.16. The third kappa shape index (κ3) is 7.33. The van der Waals surface area contributed by atoms with Crippen molar-refractivity contribution in [2.75, 3.05) is 0 Å². The largest absolute Gasteiger partial charge is 0.481 e. The van der Waals surface area contributed by atoms with Gasteiger partial charge in [-0.1, -0.05) is 13.3 Å². The summed E-state index contributed by atoms with van der Waals surface area (Å²) in [5.41, 5.74) is 0. The molecule has 1 atom stereocenters. The van der Waals surface area contributed by atoms with Gasteiger partial charge in [0, 0.05) is 6.42 Å². The molecule has 2 N–H and O–H groups in total. The van der Waals surface area contributed by atoms with Gasteiger partial charge in [0.05, 0.1) is 6.10 Å². The Morgan fingerprint density at radius 3 is 2.55 bits per heavy atom. The number of aliphatic hydroxyl groups is 1. The smallest absolute Gasteiger partial charge is 0.303 e. The highest BCUT2D eigenvalue weighted by atomic mass is 16.4. The van der Waals surface area contributed by atoms with E-state index in [1.165, 1.54) is 0 Å². The lowest BCUT2D eigenvalue weighted by Gasteiger charge is -2.06. The summed E-state index contributed by atoms with van der Waals surface area (Å²) in [5.74, 6) is -0.784. The van der Waals surface area contributed by atoms with Crippen molar-refractivity contribution in [3.8, 4) is 0 Å². The summed E-state index contributed by atoms with van der Waals surface area (Å²) in [4.78, 5) is 10.1. The minimum absolute atomic E-state index is 0.167. The van der Waals surface area contributed by atoms with E-state index in [1.54, 1.807) is 0 Å². The molecule has 66 valence electrons. The van der Waals surface area contributed by atoms with Crippen LogP contribution in [-0.4, -0.2) is 22.3 Å². The Morgan fingerprint density at radius 2 is 2.09 bits per heavy atom. The maximum absolute atomic E-state index is 10.1. The maximum Gasteiger partial charge on any atom is 0.303 e.